The van der Waals surface area contributed by atoms with E-state index in [0.717, 1.165) is 0 Å². The van der Waals surface area contributed by atoms with Crippen LogP contribution in [0.5, 0.6) is 5.88 Å². The fourth-order valence-corrected chi connectivity index (χ4v) is 2.76. The third-order valence-electron chi connectivity index (χ3n) is 3.07. The van der Waals surface area contributed by atoms with Crippen LogP contribution in [0.4, 0.5) is 14.5 Å². The topological polar surface area (TPSA) is 118 Å². The van der Waals surface area contributed by atoms with E-state index in [1.165, 1.54) is 31.4 Å². The molecular formula is C14H12ClF2N3O5S. The first-order valence-electron chi connectivity index (χ1n) is 6.85. The molecule has 0 unspecified atom stereocenters. The van der Waals surface area contributed by atoms with Gasteiger partial charge >= 0.3 is 5.76 Å². The predicted molar refractivity (Wildman–Crippen MR) is 87.9 cm³/mol. The van der Waals surface area contributed by atoms with Crippen molar-refractivity contribution in [3.8, 4) is 5.88 Å². The van der Waals surface area contributed by atoms with E-state index >= 15 is 0 Å². The zero-order valence-corrected chi connectivity index (χ0v) is 14.7. The summed E-state index contributed by atoms with van der Waals surface area (Å²) >= 11 is 5.86. The van der Waals surface area contributed by atoms with E-state index in [2.05, 4.69) is 9.97 Å². The van der Waals surface area contributed by atoms with Crippen LogP contribution in [0, 0.1) is 0 Å². The number of methoxy groups -OCH3 is 1. The molecule has 12 heteroatoms. The number of carbonyl (C=O) groups is 1. The number of halogens is 3. The van der Waals surface area contributed by atoms with Crippen molar-refractivity contribution in [3.05, 3.63) is 46.4 Å². The second-order valence-corrected chi connectivity index (χ2v) is 6.84. The Kier molecular flexibility index (Phi) is 6.05. The molecule has 1 aromatic heterocycles. The van der Waals surface area contributed by atoms with E-state index in [1.807, 2.05) is 0 Å². The number of ketones is 1. The molecule has 140 valence electrons. The Morgan fingerprint density at radius 3 is 2.65 bits per heavy atom. The van der Waals surface area contributed by atoms with Gasteiger partial charge in [-0.1, -0.05) is 17.7 Å². The van der Waals surface area contributed by atoms with E-state index < -0.39 is 39.7 Å². The van der Waals surface area contributed by atoms with Crippen LogP contribution in [-0.2, 0) is 16.6 Å². The summed E-state index contributed by atoms with van der Waals surface area (Å²) in [7, 11) is -3.79. The average molecular weight is 408 g/mol. The van der Waals surface area contributed by atoms with Crippen molar-refractivity contribution in [1.82, 2.24) is 9.97 Å². The lowest BCUT2D eigenvalue weighted by molar-refractivity contribution is 0.102. The van der Waals surface area contributed by atoms with Gasteiger partial charge in [0.1, 0.15) is 0 Å². The summed E-state index contributed by atoms with van der Waals surface area (Å²) in [5, 5.41) is 8.92. The maximum atomic E-state index is 12.7. The maximum Gasteiger partial charge on any atom is 0.355 e. The molecular weight excluding hydrogens is 396 g/mol. The predicted octanol–water partition coefficient (Wildman–Crippen LogP) is 1.83. The molecule has 0 aliphatic heterocycles. The van der Waals surface area contributed by atoms with Gasteiger partial charge in [0.25, 0.3) is 10.0 Å². The van der Waals surface area contributed by atoms with E-state index in [-0.39, 0.29) is 22.2 Å². The monoisotopic (exact) mass is 407 g/mol. The van der Waals surface area contributed by atoms with Gasteiger partial charge in [-0.3, -0.25) is 9.52 Å². The second kappa shape index (κ2) is 7.89. The summed E-state index contributed by atoms with van der Waals surface area (Å²) in [4.78, 5) is 20.3. The number of benzene rings is 1. The van der Waals surface area contributed by atoms with Crippen LogP contribution in [0.15, 0.2) is 24.3 Å². The van der Waals surface area contributed by atoms with Crippen molar-refractivity contribution in [2.45, 2.75) is 12.4 Å². The molecule has 0 radical (unpaired) electrons. The molecule has 0 aliphatic carbocycles. The number of rotatable bonds is 7. The molecule has 2 aromatic rings. The summed E-state index contributed by atoms with van der Waals surface area (Å²) in [6, 6.07) is 4.99. The molecule has 0 atom stereocenters. The van der Waals surface area contributed by atoms with E-state index in [9.17, 15) is 27.1 Å². The van der Waals surface area contributed by atoms with Crippen molar-refractivity contribution in [2.24, 2.45) is 0 Å². The van der Waals surface area contributed by atoms with E-state index in [1.54, 1.807) is 4.72 Å². The minimum absolute atomic E-state index is 0.0239. The van der Waals surface area contributed by atoms with Gasteiger partial charge in [0, 0.05) is 6.07 Å². The molecule has 0 amide bonds. The van der Waals surface area contributed by atoms with Crippen molar-refractivity contribution >= 4 is 33.1 Å². The molecule has 2 rings (SSSR count). The number of carbonyl (C=O) groups excluding carboxylic acids is 1. The summed E-state index contributed by atoms with van der Waals surface area (Å²) in [5.41, 5.74) is -0.813. The summed E-state index contributed by atoms with van der Waals surface area (Å²) in [6.07, 6.45) is 0. The summed E-state index contributed by atoms with van der Waals surface area (Å²) in [6.45, 7) is -0.514. The molecule has 0 saturated heterocycles. The molecule has 2 N–H and O–H groups in total. The molecule has 26 heavy (non-hydrogen) atoms. The minimum Gasteiger partial charge on any atom is -0.481 e. The number of hydrogen-bond acceptors (Lipinski definition) is 7. The summed E-state index contributed by atoms with van der Waals surface area (Å²) in [5.74, 6) is -5.10. The Bertz CT molecular complexity index is 918. The van der Waals surface area contributed by atoms with Crippen LogP contribution < -0.4 is 9.46 Å². The first kappa shape index (κ1) is 19.9. The Morgan fingerprint density at radius 1 is 1.38 bits per heavy atom. The number of aromatic nitrogens is 2. The molecule has 8 nitrogen and oxygen atoms in total. The standard InChI is InChI=1S/C14H12ClF2N3O5S/c1-25-10-5-7(6-21)18-13(19-10)12(22)8-3-2-4-9(15)11(8)20-26(23,24)14(16)17/h2-5,14,20-21H,6H2,1H3. The first-order chi connectivity index (χ1) is 12.2. The Balaban J connectivity index is 2.56. The molecule has 0 aliphatic rings. The number of sulfonamides is 1. The number of aliphatic hydroxyl groups is 1. The van der Waals surface area contributed by atoms with Gasteiger partial charge in [-0.15, -0.1) is 0 Å². The SMILES string of the molecule is COc1cc(CO)nc(C(=O)c2cccc(Cl)c2NS(=O)(=O)C(F)F)n1. The number of hydrogen-bond donors (Lipinski definition) is 2. The maximum absolute atomic E-state index is 12.7. The van der Waals surface area contributed by atoms with Crippen molar-refractivity contribution in [3.63, 3.8) is 0 Å². The number of alkyl halides is 2. The third-order valence-corrected chi connectivity index (χ3v) is 4.34. The number of nitrogens with one attached hydrogen (secondary N) is 1. The quantitative estimate of drug-likeness (QED) is 0.672. The Labute approximate surface area is 151 Å². The normalized spacial score (nSPS) is 11.5. The number of ether oxygens (including phenoxy) is 1. The van der Waals surface area contributed by atoms with Gasteiger partial charge in [0.15, 0.2) is 0 Å². The minimum atomic E-state index is -5.06. The van der Waals surface area contributed by atoms with Gasteiger partial charge < -0.3 is 9.84 Å². The van der Waals surface area contributed by atoms with Crippen molar-refractivity contribution in [2.75, 3.05) is 11.8 Å². The van der Waals surface area contributed by atoms with Crippen LogP contribution in [0.3, 0.4) is 0 Å². The average Bonchev–Trinajstić information content (AvgIpc) is 2.62. The highest BCUT2D eigenvalue weighted by Gasteiger charge is 2.28. The molecule has 1 heterocycles. The Hall–Kier alpha value is -2.37. The lowest BCUT2D eigenvalue weighted by Crippen LogP contribution is -2.22. The van der Waals surface area contributed by atoms with Crippen LogP contribution in [0.2, 0.25) is 5.02 Å². The van der Waals surface area contributed by atoms with Crippen molar-refractivity contribution < 1.29 is 31.8 Å². The van der Waals surface area contributed by atoms with Gasteiger partial charge in [0.05, 0.1) is 35.7 Å². The molecule has 0 spiro atoms. The Morgan fingerprint density at radius 2 is 2.08 bits per heavy atom. The van der Waals surface area contributed by atoms with Crippen molar-refractivity contribution in [1.29, 1.82) is 0 Å². The van der Waals surface area contributed by atoms with Crippen LogP contribution in [0.1, 0.15) is 21.9 Å². The molecule has 0 fully saturated rings. The van der Waals surface area contributed by atoms with Crippen LogP contribution in [0.25, 0.3) is 0 Å². The van der Waals surface area contributed by atoms with Crippen LogP contribution >= 0.6 is 11.6 Å². The fourth-order valence-electron chi connectivity index (χ4n) is 1.88. The number of aliphatic hydroxyl groups excluding tert-OH is 1. The highest BCUT2D eigenvalue weighted by atomic mass is 35.5. The number of nitrogens with zero attached hydrogens (tertiary/aromatic N) is 2. The lowest BCUT2D eigenvalue weighted by Gasteiger charge is -2.13. The zero-order valence-electron chi connectivity index (χ0n) is 13.1. The smallest absolute Gasteiger partial charge is 0.355 e. The molecule has 0 bridgehead atoms. The zero-order chi connectivity index (χ0) is 19.5. The van der Waals surface area contributed by atoms with E-state index in [4.69, 9.17) is 16.3 Å². The first-order valence-corrected chi connectivity index (χ1v) is 8.77. The van der Waals surface area contributed by atoms with Gasteiger partial charge in [-0.05, 0) is 12.1 Å². The van der Waals surface area contributed by atoms with Gasteiger partial charge in [-0.2, -0.15) is 13.8 Å². The van der Waals surface area contributed by atoms with Crippen LogP contribution in [-0.4, -0.2) is 42.1 Å². The van der Waals surface area contributed by atoms with Gasteiger partial charge in [-0.25, -0.2) is 13.4 Å². The molecule has 1 aromatic carbocycles. The highest BCUT2D eigenvalue weighted by Crippen LogP contribution is 2.29. The lowest BCUT2D eigenvalue weighted by atomic mass is 10.1. The second-order valence-electron chi connectivity index (χ2n) is 4.78. The number of anilines is 1. The summed E-state index contributed by atoms with van der Waals surface area (Å²) < 4.78 is 54.7. The van der Waals surface area contributed by atoms with Gasteiger partial charge in [0.2, 0.25) is 17.5 Å². The largest absolute Gasteiger partial charge is 0.481 e. The highest BCUT2D eigenvalue weighted by molar-refractivity contribution is 7.93. The third kappa shape index (κ3) is 4.23. The molecule has 0 saturated carbocycles. The number of para-hydroxylation sites is 1. The van der Waals surface area contributed by atoms with E-state index in [0.29, 0.717) is 0 Å². The fraction of sp³-hybridized carbons (Fsp3) is 0.214.